The fraction of sp³-hybridized carbons (Fsp3) is 0.500. The first-order valence-corrected chi connectivity index (χ1v) is 7.41. The first-order valence-electron chi connectivity index (χ1n) is 7.41. The number of carbonyl (C=O) groups is 2. The molecule has 0 radical (unpaired) electrons. The van der Waals surface area contributed by atoms with Crippen LogP contribution in [-0.4, -0.2) is 25.1 Å². The fourth-order valence-electron chi connectivity index (χ4n) is 2.36. The molecule has 1 aromatic rings. The topological polar surface area (TPSA) is 93.4 Å². The van der Waals surface area contributed by atoms with Crippen LogP contribution in [0.5, 0.6) is 5.75 Å². The van der Waals surface area contributed by atoms with Crippen LogP contribution in [0.25, 0.3) is 0 Å². The zero-order valence-electron chi connectivity index (χ0n) is 13.7. The number of hydrogen-bond donors (Lipinski definition) is 3. The number of methoxy groups -OCH3 is 1. The molecule has 3 amide bonds. The third-order valence-electron chi connectivity index (χ3n) is 3.42. The molecule has 1 unspecified atom stereocenters. The van der Waals surface area contributed by atoms with Crippen molar-refractivity contribution in [3.05, 3.63) is 23.3 Å². The van der Waals surface area contributed by atoms with Gasteiger partial charge in [0, 0.05) is 5.69 Å². The SMILES string of the molecule is CCCCC(NC(=O)Nc1cc(C)c(OC)c(C)c1)C(N)=O. The van der Waals surface area contributed by atoms with Crippen LogP contribution in [0.1, 0.15) is 37.3 Å². The summed E-state index contributed by atoms with van der Waals surface area (Å²) in [6.07, 6.45) is 2.30. The van der Waals surface area contributed by atoms with E-state index in [1.54, 1.807) is 7.11 Å². The van der Waals surface area contributed by atoms with Crippen LogP contribution in [0.2, 0.25) is 0 Å². The van der Waals surface area contributed by atoms with Crippen LogP contribution >= 0.6 is 0 Å². The summed E-state index contributed by atoms with van der Waals surface area (Å²) >= 11 is 0. The molecule has 6 nitrogen and oxygen atoms in total. The molecule has 0 aliphatic carbocycles. The number of benzene rings is 1. The van der Waals surface area contributed by atoms with Gasteiger partial charge >= 0.3 is 6.03 Å². The van der Waals surface area contributed by atoms with Crippen LogP contribution in [0.15, 0.2) is 12.1 Å². The van der Waals surface area contributed by atoms with E-state index >= 15 is 0 Å². The molecule has 122 valence electrons. The number of anilines is 1. The predicted molar refractivity (Wildman–Crippen MR) is 87.1 cm³/mol. The zero-order valence-corrected chi connectivity index (χ0v) is 13.7. The van der Waals surface area contributed by atoms with Gasteiger partial charge in [0.25, 0.3) is 0 Å². The number of ether oxygens (including phenoxy) is 1. The van der Waals surface area contributed by atoms with E-state index in [1.165, 1.54) is 0 Å². The Balaban J connectivity index is 2.73. The maximum Gasteiger partial charge on any atom is 0.319 e. The first kappa shape index (κ1) is 17.8. The lowest BCUT2D eigenvalue weighted by Crippen LogP contribution is -2.46. The number of nitrogens with one attached hydrogen (secondary N) is 2. The highest BCUT2D eigenvalue weighted by molar-refractivity contribution is 5.93. The van der Waals surface area contributed by atoms with Gasteiger partial charge in [-0.3, -0.25) is 4.79 Å². The van der Waals surface area contributed by atoms with Crippen molar-refractivity contribution in [1.82, 2.24) is 5.32 Å². The van der Waals surface area contributed by atoms with Crippen molar-refractivity contribution in [3.63, 3.8) is 0 Å². The molecular weight excluding hydrogens is 282 g/mol. The molecule has 0 fully saturated rings. The van der Waals surface area contributed by atoms with Crippen molar-refractivity contribution in [2.24, 2.45) is 5.73 Å². The third kappa shape index (κ3) is 4.95. The fourth-order valence-corrected chi connectivity index (χ4v) is 2.36. The minimum absolute atomic E-state index is 0.441. The van der Waals surface area contributed by atoms with Gasteiger partial charge in [-0.05, 0) is 43.5 Å². The Kier molecular flexibility index (Phi) is 6.69. The average molecular weight is 307 g/mol. The summed E-state index contributed by atoms with van der Waals surface area (Å²) in [7, 11) is 1.61. The molecule has 1 aromatic carbocycles. The molecule has 0 saturated heterocycles. The standard InChI is InChI=1S/C16H25N3O3/c1-5-6-7-13(15(17)20)19-16(21)18-12-8-10(2)14(22-4)11(3)9-12/h8-9,13H,5-7H2,1-4H3,(H2,17,20)(H2,18,19,21). The lowest BCUT2D eigenvalue weighted by Gasteiger charge is -2.17. The van der Waals surface area contributed by atoms with Gasteiger partial charge < -0.3 is 21.1 Å². The Bertz CT molecular complexity index is 520. The molecule has 0 bridgehead atoms. The van der Waals surface area contributed by atoms with E-state index in [-0.39, 0.29) is 0 Å². The average Bonchev–Trinajstić information content (AvgIpc) is 2.42. The number of nitrogens with two attached hydrogens (primary N) is 1. The molecule has 0 aliphatic heterocycles. The molecule has 1 atom stereocenters. The molecule has 0 aromatic heterocycles. The van der Waals surface area contributed by atoms with E-state index in [2.05, 4.69) is 10.6 Å². The van der Waals surface area contributed by atoms with E-state index in [0.717, 1.165) is 29.7 Å². The second-order valence-electron chi connectivity index (χ2n) is 5.34. The number of aryl methyl sites for hydroxylation is 2. The molecule has 6 heteroatoms. The molecule has 1 rings (SSSR count). The van der Waals surface area contributed by atoms with E-state index in [1.807, 2.05) is 32.9 Å². The summed E-state index contributed by atoms with van der Waals surface area (Å²) in [5.41, 5.74) is 7.80. The van der Waals surface area contributed by atoms with Crippen molar-refractivity contribution in [2.45, 2.75) is 46.1 Å². The highest BCUT2D eigenvalue weighted by Gasteiger charge is 2.17. The quantitative estimate of drug-likeness (QED) is 0.722. The molecule has 4 N–H and O–H groups in total. The van der Waals surface area contributed by atoms with Gasteiger partial charge in [0.1, 0.15) is 11.8 Å². The van der Waals surface area contributed by atoms with Gasteiger partial charge in [-0.15, -0.1) is 0 Å². The van der Waals surface area contributed by atoms with Crippen molar-refractivity contribution < 1.29 is 14.3 Å². The van der Waals surface area contributed by atoms with Crippen molar-refractivity contribution in [2.75, 3.05) is 12.4 Å². The first-order chi connectivity index (χ1) is 10.4. The van der Waals surface area contributed by atoms with Gasteiger partial charge in [0.05, 0.1) is 7.11 Å². The van der Waals surface area contributed by atoms with Crippen LogP contribution in [0.3, 0.4) is 0 Å². The number of urea groups is 1. The number of amides is 3. The molecular formula is C16H25N3O3. The molecule has 0 aliphatic rings. The van der Waals surface area contributed by atoms with E-state index < -0.39 is 18.0 Å². The van der Waals surface area contributed by atoms with Crippen LogP contribution in [0, 0.1) is 13.8 Å². The predicted octanol–water partition coefficient (Wildman–Crippen LogP) is 2.48. The van der Waals surface area contributed by atoms with Gasteiger partial charge in [0.15, 0.2) is 0 Å². The molecule has 22 heavy (non-hydrogen) atoms. The number of primary amides is 1. The van der Waals surface area contributed by atoms with E-state index in [9.17, 15) is 9.59 Å². The maximum atomic E-state index is 12.0. The second kappa shape index (κ2) is 8.26. The summed E-state index contributed by atoms with van der Waals surface area (Å²) in [5, 5.41) is 5.33. The number of unbranched alkanes of at least 4 members (excludes halogenated alkanes) is 1. The maximum absolute atomic E-state index is 12.0. The zero-order chi connectivity index (χ0) is 16.7. The van der Waals surface area contributed by atoms with Gasteiger partial charge in [-0.25, -0.2) is 4.79 Å². The highest BCUT2D eigenvalue weighted by Crippen LogP contribution is 2.26. The summed E-state index contributed by atoms with van der Waals surface area (Å²) in [6, 6.07) is 2.54. The minimum atomic E-state index is -0.652. The molecule has 0 saturated carbocycles. The monoisotopic (exact) mass is 307 g/mol. The Labute approximate surface area is 131 Å². The minimum Gasteiger partial charge on any atom is -0.496 e. The van der Waals surface area contributed by atoms with Crippen molar-refractivity contribution in [3.8, 4) is 5.75 Å². The van der Waals surface area contributed by atoms with Crippen LogP contribution < -0.4 is 21.1 Å². The third-order valence-corrected chi connectivity index (χ3v) is 3.42. The Morgan fingerprint density at radius 3 is 2.32 bits per heavy atom. The number of hydrogen-bond acceptors (Lipinski definition) is 3. The number of carbonyl (C=O) groups excluding carboxylic acids is 2. The second-order valence-corrected chi connectivity index (χ2v) is 5.34. The Morgan fingerprint density at radius 1 is 1.27 bits per heavy atom. The Hall–Kier alpha value is -2.24. The highest BCUT2D eigenvalue weighted by atomic mass is 16.5. The summed E-state index contributed by atoms with van der Waals surface area (Å²) in [5.74, 6) is 0.273. The molecule has 0 heterocycles. The van der Waals surface area contributed by atoms with E-state index in [0.29, 0.717) is 12.1 Å². The summed E-state index contributed by atoms with van der Waals surface area (Å²) < 4.78 is 5.29. The smallest absolute Gasteiger partial charge is 0.319 e. The van der Waals surface area contributed by atoms with Crippen molar-refractivity contribution >= 4 is 17.6 Å². The van der Waals surface area contributed by atoms with Gasteiger partial charge in [-0.2, -0.15) is 0 Å². The lowest BCUT2D eigenvalue weighted by atomic mass is 10.1. The number of rotatable bonds is 7. The Morgan fingerprint density at radius 2 is 1.86 bits per heavy atom. The van der Waals surface area contributed by atoms with Crippen LogP contribution in [-0.2, 0) is 4.79 Å². The van der Waals surface area contributed by atoms with Gasteiger partial charge in [-0.1, -0.05) is 19.8 Å². The lowest BCUT2D eigenvalue weighted by molar-refractivity contribution is -0.119. The van der Waals surface area contributed by atoms with Gasteiger partial charge in [0.2, 0.25) is 5.91 Å². The van der Waals surface area contributed by atoms with Crippen molar-refractivity contribution in [1.29, 1.82) is 0 Å². The summed E-state index contributed by atoms with van der Waals surface area (Å²) in [6.45, 7) is 5.83. The normalized spacial score (nSPS) is 11.6. The van der Waals surface area contributed by atoms with E-state index in [4.69, 9.17) is 10.5 Å². The molecule has 0 spiro atoms. The van der Waals surface area contributed by atoms with Crippen LogP contribution in [0.4, 0.5) is 10.5 Å². The summed E-state index contributed by atoms with van der Waals surface area (Å²) in [4.78, 5) is 23.4. The largest absolute Gasteiger partial charge is 0.496 e.